The average Bonchev–Trinajstić information content (AvgIpc) is 3.42. The maximum atomic E-state index is 13.9. The normalized spacial score (nSPS) is 14.7. The summed E-state index contributed by atoms with van der Waals surface area (Å²) in [6.45, 7) is 7.28. The zero-order valence-corrected chi connectivity index (χ0v) is 26.1. The maximum Gasteiger partial charge on any atom is 0.260 e. The third-order valence-corrected chi connectivity index (χ3v) is 10.4. The molecule has 1 amide bonds. The predicted octanol–water partition coefficient (Wildman–Crippen LogP) is 3.91. The maximum absolute atomic E-state index is 13.9. The van der Waals surface area contributed by atoms with Crippen LogP contribution in [0.3, 0.4) is 0 Å². The first kappa shape index (κ1) is 31.8. The number of carbonyl (C=O) groups is 1. The van der Waals surface area contributed by atoms with Gasteiger partial charge in [0.15, 0.2) is 5.13 Å². The Morgan fingerprint density at radius 1 is 1.05 bits per heavy atom. The third kappa shape index (κ3) is 7.82. The highest BCUT2D eigenvalue weighted by Crippen LogP contribution is 2.34. The van der Waals surface area contributed by atoms with Crippen molar-refractivity contribution < 1.29 is 27.4 Å². The SMILES string of the molecule is COCCN(CCOC)S(=O)(=O)c1ccc(C(=O)N(CCCN2CCOCC2)c2nc3c(C)c(Cl)ccc3s2)cc1. The minimum absolute atomic E-state index is 0.102. The number of hydrogen-bond acceptors (Lipinski definition) is 9. The van der Waals surface area contributed by atoms with Crippen molar-refractivity contribution in [1.29, 1.82) is 0 Å². The number of hydrogen-bond donors (Lipinski definition) is 0. The van der Waals surface area contributed by atoms with E-state index in [0.717, 1.165) is 41.8 Å². The van der Waals surface area contributed by atoms with E-state index in [1.807, 2.05) is 19.1 Å². The fourth-order valence-electron chi connectivity index (χ4n) is 4.58. The van der Waals surface area contributed by atoms with Crippen molar-refractivity contribution in [3.05, 3.63) is 52.5 Å². The molecular weight excluding hydrogens is 588 g/mol. The van der Waals surface area contributed by atoms with E-state index in [0.29, 0.717) is 35.5 Å². The van der Waals surface area contributed by atoms with E-state index in [9.17, 15) is 13.2 Å². The number of fused-ring (bicyclic) bond motifs is 1. The van der Waals surface area contributed by atoms with Gasteiger partial charge in [0, 0.05) is 64.1 Å². The molecule has 2 aromatic carbocycles. The number of ether oxygens (including phenoxy) is 3. The fourth-order valence-corrected chi connectivity index (χ4v) is 7.19. The van der Waals surface area contributed by atoms with E-state index in [1.165, 1.54) is 42.0 Å². The van der Waals surface area contributed by atoms with Crippen molar-refractivity contribution in [2.75, 3.05) is 84.8 Å². The summed E-state index contributed by atoms with van der Waals surface area (Å²) in [4.78, 5) is 22.8. The summed E-state index contributed by atoms with van der Waals surface area (Å²) in [5.74, 6) is -0.241. The molecule has 0 spiro atoms. The Bertz CT molecular complexity index is 1400. The number of aryl methyl sites for hydroxylation is 1. The third-order valence-electron chi connectivity index (χ3n) is 7.00. The van der Waals surface area contributed by atoms with Crippen LogP contribution in [0.15, 0.2) is 41.3 Å². The van der Waals surface area contributed by atoms with Gasteiger partial charge in [-0.05, 0) is 55.3 Å². The Morgan fingerprint density at radius 2 is 1.71 bits per heavy atom. The second-order valence-corrected chi connectivity index (χ2v) is 13.0. The summed E-state index contributed by atoms with van der Waals surface area (Å²) in [6.07, 6.45) is 0.752. The number of halogens is 1. The standard InChI is InChI=1S/C28H37ClN4O6S2/c1-21-24(29)9-10-25-26(21)30-28(40-25)33(12-4-11-31-13-19-39-20-14-31)27(34)22-5-7-23(8-6-22)41(35,36)32(15-17-37-2)16-18-38-3/h5-10H,4,11-20H2,1-3H3. The molecule has 3 aromatic rings. The molecule has 10 nitrogen and oxygen atoms in total. The van der Waals surface area contributed by atoms with Crippen molar-refractivity contribution in [2.45, 2.75) is 18.2 Å². The molecule has 13 heteroatoms. The first-order chi connectivity index (χ1) is 19.8. The monoisotopic (exact) mass is 624 g/mol. The van der Waals surface area contributed by atoms with Crippen LogP contribution in [0.1, 0.15) is 22.3 Å². The Hall–Kier alpha value is -2.16. The molecule has 1 saturated heterocycles. The molecule has 4 rings (SSSR count). The molecule has 1 aromatic heterocycles. The van der Waals surface area contributed by atoms with Crippen LogP contribution in [0, 0.1) is 6.92 Å². The number of sulfonamides is 1. The number of benzene rings is 2. The second-order valence-electron chi connectivity index (χ2n) is 9.69. The lowest BCUT2D eigenvalue weighted by Crippen LogP contribution is -2.39. The van der Waals surface area contributed by atoms with Gasteiger partial charge in [-0.1, -0.05) is 22.9 Å². The Balaban J connectivity index is 1.58. The summed E-state index contributed by atoms with van der Waals surface area (Å²) in [6, 6.07) is 9.83. The van der Waals surface area contributed by atoms with Gasteiger partial charge in [0.2, 0.25) is 10.0 Å². The number of rotatable bonds is 14. The summed E-state index contributed by atoms with van der Waals surface area (Å²) >= 11 is 7.78. The highest BCUT2D eigenvalue weighted by atomic mass is 35.5. The lowest BCUT2D eigenvalue weighted by molar-refractivity contribution is 0.0376. The number of morpholine rings is 1. The molecule has 0 bridgehead atoms. The molecule has 224 valence electrons. The van der Waals surface area contributed by atoms with Crippen LogP contribution in [-0.4, -0.2) is 108 Å². The van der Waals surface area contributed by atoms with Crippen molar-refractivity contribution in [3.8, 4) is 0 Å². The van der Waals surface area contributed by atoms with Crippen molar-refractivity contribution in [1.82, 2.24) is 14.2 Å². The van der Waals surface area contributed by atoms with Crippen molar-refractivity contribution in [2.24, 2.45) is 0 Å². The molecule has 41 heavy (non-hydrogen) atoms. The quantitative estimate of drug-likeness (QED) is 0.266. The largest absolute Gasteiger partial charge is 0.383 e. The molecule has 0 unspecified atom stereocenters. The number of methoxy groups -OCH3 is 2. The molecule has 1 aliphatic heterocycles. The van der Waals surface area contributed by atoms with Gasteiger partial charge in [-0.2, -0.15) is 4.31 Å². The first-order valence-electron chi connectivity index (χ1n) is 13.5. The van der Waals surface area contributed by atoms with Crippen LogP contribution >= 0.6 is 22.9 Å². The van der Waals surface area contributed by atoms with Gasteiger partial charge >= 0.3 is 0 Å². The van der Waals surface area contributed by atoms with E-state index in [-0.39, 0.29) is 37.1 Å². The van der Waals surface area contributed by atoms with Gasteiger partial charge in [0.1, 0.15) is 0 Å². The van der Waals surface area contributed by atoms with Gasteiger partial charge in [0.05, 0.1) is 41.5 Å². The Morgan fingerprint density at radius 3 is 2.34 bits per heavy atom. The van der Waals surface area contributed by atoms with Crippen LogP contribution < -0.4 is 4.90 Å². The molecule has 1 aliphatic rings. The summed E-state index contributed by atoms with van der Waals surface area (Å²) in [7, 11) is -0.757. The number of anilines is 1. The average molecular weight is 625 g/mol. The number of amides is 1. The summed E-state index contributed by atoms with van der Waals surface area (Å²) in [5.41, 5.74) is 2.02. The number of carbonyl (C=O) groups excluding carboxylic acids is 1. The summed E-state index contributed by atoms with van der Waals surface area (Å²) in [5, 5.41) is 1.21. The number of aromatic nitrogens is 1. The van der Waals surface area contributed by atoms with Crippen LogP contribution in [0.4, 0.5) is 5.13 Å². The highest BCUT2D eigenvalue weighted by Gasteiger charge is 2.26. The molecule has 0 atom stereocenters. The van der Waals surface area contributed by atoms with Gasteiger partial charge < -0.3 is 14.2 Å². The topological polar surface area (TPSA) is 102 Å². The zero-order chi connectivity index (χ0) is 29.4. The highest BCUT2D eigenvalue weighted by molar-refractivity contribution is 7.89. The lowest BCUT2D eigenvalue weighted by atomic mass is 10.2. The predicted molar refractivity (Wildman–Crippen MR) is 162 cm³/mol. The molecular formula is C28H37ClN4O6S2. The fraction of sp³-hybridized carbons (Fsp3) is 0.500. The smallest absolute Gasteiger partial charge is 0.260 e. The van der Waals surface area contributed by atoms with Crippen LogP contribution in [0.2, 0.25) is 5.02 Å². The number of thiazole rings is 1. The van der Waals surface area contributed by atoms with Crippen LogP contribution in [0.5, 0.6) is 0 Å². The number of nitrogens with zero attached hydrogens (tertiary/aromatic N) is 4. The van der Waals surface area contributed by atoms with E-state index in [2.05, 4.69) is 4.90 Å². The van der Waals surface area contributed by atoms with Crippen molar-refractivity contribution >= 4 is 54.2 Å². The van der Waals surface area contributed by atoms with E-state index in [4.69, 9.17) is 30.8 Å². The molecule has 0 saturated carbocycles. The molecule has 0 N–H and O–H groups in total. The van der Waals surface area contributed by atoms with Gasteiger partial charge in [-0.3, -0.25) is 14.6 Å². The molecule has 0 aliphatic carbocycles. The molecule has 1 fully saturated rings. The molecule has 0 radical (unpaired) electrons. The van der Waals surface area contributed by atoms with E-state index < -0.39 is 10.0 Å². The zero-order valence-electron chi connectivity index (χ0n) is 23.7. The Kier molecular flexibility index (Phi) is 11.5. The summed E-state index contributed by atoms with van der Waals surface area (Å²) < 4.78 is 44.5. The minimum Gasteiger partial charge on any atom is -0.383 e. The lowest BCUT2D eigenvalue weighted by Gasteiger charge is -2.27. The first-order valence-corrected chi connectivity index (χ1v) is 16.2. The van der Waals surface area contributed by atoms with Gasteiger partial charge in [-0.15, -0.1) is 0 Å². The van der Waals surface area contributed by atoms with Crippen molar-refractivity contribution in [3.63, 3.8) is 0 Å². The van der Waals surface area contributed by atoms with Crippen LogP contribution in [0.25, 0.3) is 10.2 Å². The van der Waals surface area contributed by atoms with E-state index >= 15 is 0 Å². The van der Waals surface area contributed by atoms with Gasteiger partial charge in [-0.25, -0.2) is 13.4 Å². The van der Waals surface area contributed by atoms with Crippen LogP contribution in [-0.2, 0) is 24.2 Å². The van der Waals surface area contributed by atoms with Gasteiger partial charge in [0.25, 0.3) is 5.91 Å². The molecule has 2 heterocycles. The second kappa shape index (κ2) is 14.8. The minimum atomic E-state index is -3.80. The Labute approximate surface area is 250 Å². The van der Waals surface area contributed by atoms with E-state index in [1.54, 1.807) is 17.0 Å².